The molecular weight excluding hydrogens is 291 g/mol. The molecule has 112 valence electrons. The van der Waals surface area contributed by atoms with E-state index in [1.807, 2.05) is 12.1 Å². The first-order valence-corrected chi connectivity index (χ1v) is 7.92. The predicted octanol–water partition coefficient (Wildman–Crippen LogP) is 5.50. The third kappa shape index (κ3) is 3.90. The molecule has 0 amide bonds. The summed E-state index contributed by atoms with van der Waals surface area (Å²) in [5.74, 6) is 0. The van der Waals surface area contributed by atoms with Crippen molar-refractivity contribution in [1.29, 1.82) is 0 Å². The van der Waals surface area contributed by atoms with Gasteiger partial charge < -0.3 is 5.11 Å². The minimum atomic E-state index is -0.709. The van der Waals surface area contributed by atoms with Crippen LogP contribution in [0.25, 0.3) is 0 Å². The standard InChI is InChI=1S/C17H24Cl2O/c1-15(2)9-16(3,4)11-17(20,10-15)8-12-7-13(18)5-6-14(12)19/h5-7,20H,8-11H2,1-4H3. The van der Waals surface area contributed by atoms with Crippen LogP contribution in [0.1, 0.15) is 52.5 Å². The highest BCUT2D eigenvalue weighted by Crippen LogP contribution is 2.51. The zero-order valence-corrected chi connectivity index (χ0v) is 14.3. The molecule has 1 saturated carbocycles. The van der Waals surface area contributed by atoms with Gasteiger partial charge in [0.15, 0.2) is 0 Å². The van der Waals surface area contributed by atoms with Crippen LogP contribution in [0.2, 0.25) is 10.0 Å². The largest absolute Gasteiger partial charge is 0.390 e. The van der Waals surface area contributed by atoms with Crippen LogP contribution in [-0.2, 0) is 6.42 Å². The third-order valence-corrected chi connectivity index (χ3v) is 4.70. The van der Waals surface area contributed by atoms with Gasteiger partial charge >= 0.3 is 0 Å². The van der Waals surface area contributed by atoms with Crippen LogP contribution in [0.15, 0.2) is 18.2 Å². The number of hydrogen-bond acceptors (Lipinski definition) is 1. The first-order valence-electron chi connectivity index (χ1n) is 7.17. The maximum absolute atomic E-state index is 11.1. The smallest absolute Gasteiger partial charge is 0.0698 e. The van der Waals surface area contributed by atoms with E-state index in [-0.39, 0.29) is 10.8 Å². The first kappa shape index (κ1) is 16.1. The molecular formula is C17H24Cl2O. The van der Waals surface area contributed by atoms with E-state index in [2.05, 4.69) is 27.7 Å². The second-order valence-electron chi connectivity index (χ2n) is 8.00. The third-order valence-electron chi connectivity index (χ3n) is 4.10. The molecule has 0 unspecified atom stereocenters. The second-order valence-corrected chi connectivity index (χ2v) is 8.84. The summed E-state index contributed by atoms with van der Waals surface area (Å²) < 4.78 is 0. The lowest BCUT2D eigenvalue weighted by Gasteiger charge is -2.49. The molecule has 1 nitrogen and oxygen atoms in total. The highest BCUT2D eigenvalue weighted by atomic mass is 35.5. The molecule has 0 spiro atoms. The van der Waals surface area contributed by atoms with Crippen LogP contribution < -0.4 is 0 Å². The molecule has 0 radical (unpaired) electrons. The average molecular weight is 315 g/mol. The number of rotatable bonds is 2. The molecule has 1 aliphatic rings. The Balaban J connectivity index is 2.28. The van der Waals surface area contributed by atoms with Gasteiger partial charge in [-0.2, -0.15) is 0 Å². The molecule has 1 N–H and O–H groups in total. The Kier molecular flexibility index (Phi) is 4.19. The Hall–Kier alpha value is -0.240. The summed E-state index contributed by atoms with van der Waals surface area (Å²) in [6.07, 6.45) is 3.30. The van der Waals surface area contributed by atoms with Gasteiger partial charge in [-0.3, -0.25) is 0 Å². The van der Waals surface area contributed by atoms with Crippen LogP contribution in [0.4, 0.5) is 0 Å². The van der Waals surface area contributed by atoms with Gasteiger partial charge in [0.05, 0.1) is 5.60 Å². The van der Waals surface area contributed by atoms with Gasteiger partial charge in [-0.1, -0.05) is 50.9 Å². The molecule has 2 rings (SSSR count). The molecule has 1 aromatic carbocycles. The normalized spacial score (nSPS) is 23.6. The lowest BCUT2D eigenvalue weighted by Crippen LogP contribution is -2.47. The maximum atomic E-state index is 11.1. The van der Waals surface area contributed by atoms with Gasteiger partial charge in [-0.15, -0.1) is 0 Å². The van der Waals surface area contributed by atoms with Crippen molar-refractivity contribution in [3.05, 3.63) is 33.8 Å². The van der Waals surface area contributed by atoms with E-state index in [1.165, 1.54) is 0 Å². The van der Waals surface area contributed by atoms with E-state index in [4.69, 9.17) is 23.2 Å². The summed E-state index contributed by atoms with van der Waals surface area (Å²) in [5.41, 5.74) is 0.512. The van der Waals surface area contributed by atoms with E-state index in [9.17, 15) is 5.11 Å². The van der Waals surface area contributed by atoms with Gasteiger partial charge in [0.2, 0.25) is 0 Å². The molecule has 1 fully saturated rings. The van der Waals surface area contributed by atoms with Crippen LogP contribution in [0.3, 0.4) is 0 Å². The van der Waals surface area contributed by atoms with Gasteiger partial charge in [0.25, 0.3) is 0 Å². The summed E-state index contributed by atoms with van der Waals surface area (Å²) >= 11 is 12.3. The maximum Gasteiger partial charge on any atom is 0.0698 e. The molecule has 0 aromatic heterocycles. The van der Waals surface area contributed by atoms with Crippen LogP contribution in [0.5, 0.6) is 0 Å². The molecule has 0 atom stereocenters. The van der Waals surface area contributed by atoms with Gasteiger partial charge in [0, 0.05) is 16.5 Å². The lowest BCUT2D eigenvalue weighted by atomic mass is 9.58. The Morgan fingerprint density at radius 3 is 2.10 bits per heavy atom. The van der Waals surface area contributed by atoms with Gasteiger partial charge in [-0.05, 0) is 53.9 Å². The Morgan fingerprint density at radius 2 is 1.55 bits per heavy atom. The molecule has 1 aromatic rings. The number of halogens is 2. The van der Waals surface area contributed by atoms with Crippen molar-refractivity contribution in [2.24, 2.45) is 10.8 Å². The van der Waals surface area contributed by atoms with Crippen LogP contribution in [0, 0.1) is 10.8 Å². The van der Waals surface area contributed by atoms with Crippen LogP contribution in [-0.4, -0.2) is 10.7 Å². The zero-order valence-electron chi connectivity index (χ0n) is 12.8. The molecule has 0 heterocycles. The molecule has 0 bridgehead atoms. The van der Waals surface area contributed by atoms with Gasteiger partial charge in [0.1, 0.15) is 0 Å². The highest BCUT2D eigenvalue weighted by molar-refractivity contribution is 6.33. The van der Waals surface area contributed by atoms with Crippen LogP contribution >= 0.6 is 23.2 Å². The fourth-order valence-electron chi connectivity index (χ4n) is 4.42. The topological polar surface area (TPSA) is 20.2 Å². The minimum Gasteiger partial charge on any atom is -0.390 e. The molecule has 3 heteroatoms. The van der Waals surface area contributed by atoms with E-state index < -0.39 is 5.60 Å². The molecule has 20 heavy (non-hydrogen) atoms. The van der Waals surface area contributed by atoms with Crippen molar-refractivity contribution in [1.82, 2.24) is 0 Å². The van der Waals surface area contributed by atoms with Gasteiger partial charge in [-0.25, -0.2) is 0 Å². The quantitative estimate of drug-likeness (QED) is 0.763. The second kappa shape index (κ2) is 5.19. The Labute approximate surface area is 132 Å². The SMILES string of the molecule is CC1(C)CC(C)(C)CC(O)(Cc2cc(Cl)ccc2Cl)C1. The predicted molar refractivity (Wildman–Crippen MR) is 86.5 cm³/mol. The van der Waals surface area contributed by atoms with E-state index in [0.29, 0.717) is 16.5 Å². The van der Waals surface area contributed by atoms with Crippen molar-refractivity contribution < 1.29 is 5.11 Å². The monoisotopic (exact) mass is 314 g/mol. The number of hydrogen-bond donors (Lipinski definition) is 1. The Morgan fingerprint density at radius 1 is 1.00 bits per heavy atom. The zero-order chi connectivity index (χ0) is 15.2. The van der Waals surface area contributed by atoms with Crippen molar-refractivity contribution in [2.75, 3.05) is 0 Å². The number of aliphatic hydroxyl groups is 1. The summed E-state index contributed by atoms with van der Waals surface area (Å²) in [4.78, 5) is 0. The Bertz CT molecular complexity index is 490. The average Bonchev–Trinajstić information content (AvgIpc) is 2.17. The fourth-order valence-corrected chi connectivity index (χ4v) is 4.80. The van der Waals surface area contributed by atoms with E-state index in [0.717, 1.165) is 24.8 Å². The van der Waals surface area contributed by atoms with E-state index >= 15 is 0 Å². The fraction of sp³-hybridized carbons (Fsp3) is 0.647. The van der Waals surface area contributed by atoms with Crippen molar-refractivity contribution in [2.45, 2.75) is 59.0 Å². The summed E-state index contributed by atoms with van der Waals surface area (Å²) in [6, 6.07) is 5.46. The van der Waals surface area contributed by atoms with Crippen molar-refractivity contribution in [3.63, 3.8) is 0 Å². The molecule has 1 aliphatic carbocycles. The van der Waals surface area contributed by atoms with Crippen molar-refractivity contribution in [3.8, 4) is 0 Å². The molecule has 0 saturated heterocycles. The summed E-state index contributed by atoms with van der Waals surface area (Å²) in [6.45, 7) is 8.94. The number of benzene rings is 1. The summed E-state index contributed by atoms with van der Waals surface area (Å²) in [5, 5.41) is 12.5. The highest BCUT2D eigenvalue weighted by Gasteiger charge is 2.46. The molecule has 0 aliphatic heterocycles. The van der Waals surface area contributed by atoms with Crippen molar-refractivity contribution >= 4 is 23.2 Å². The first-order chi connectivity index (χ1) is 9.00. The lowest BCUT2D eigenvalue weighted by molar-refractivity contribution is -0.0850. The summed E-state index contributed by atoms with van der Waals surface area (Å²) in [7, 11) is 0. The minimum absolute atomic E-state index is 0.140. The van der Waals surface area contributed by atoms with E-state index in [1.54, 1.807) is 6.07 Å².